The lowest BCUT2D eigenvalue weighted by molar-refractivity contribution is -0.123. The third-order valence-corrected chi connectivity index (χ3v) is 9.44. The number of aryl methyl sites for hydroxylation is 2. The molecule has 44 heavy (non-hydrogen) atoms. The van der Waals surface area contributed by atoms with Crippen molar-refractivity contribution in [2.75, 3.05) is 13.1 Å². The molecule has 5 rings (SSSR count). The molecule has 4 aromatic rings. The molecule has 1 unspecified atom stereocenters. The quantitative estimate of drug-likeness (QED) is 0.217. The highest BCUT2D eigenvalue weighted by atomic mass is 35.5. The summed E-state index contributed by atoms with van der Waals surface area (Å²) in [7, 11) is 0. The van der Waals surface area contributed by atoms with E-state index in [1.54, 1.807) is 15.5 Å². The van der Waals surface area contributed by atoms with Crippen LogP contribution in [0.4, 0.5) is 0 Å². The number of primary amides is 1. The number of piperidine rings is 1. The molecule has 0 aliphatic carbocycles. The lowest BCUT2D eigenvalue weighted by Crippen LogP contribution is -2.45. The third kappa shape index (κ3) is 6.37. The number of carbonyl (C=O) groups is 2. The molecule has 3 heterocycles. The van der Waals surface area contributed by atoms with Gasteiger partial charge in [0.05, 0.1) is 28.4 Å². The van der Waals surface area contributed by atoms with Gasteiger partial charge in [0.25, 0.3) is 11.5 Å². The van der Waals surface area contributed by atoms with Gasteiger partial charge in [-0.05, 0) is 67.3 Å². The number of carbonyl (C=O) groups excluding carboxylic acids is 2. The fourth-order valence-corrected chi connectivity index (χ4v) is 7.00. The van der Waals surface area contributed by atoms with E-state index in [0.29, 0.717) is 52.7 Å². The molecule has 0 saturated carbocycles. The zero-order valence-corrected chi connectivity index (χ0v) is 27.3. The Morgan fingerprint density at radius 1 is 1.09 bits per heavy atom. The highest BCUT2D eigenvalue weighted by Gasteiger charge is 2.31. The van der Waals surface area contributed by atoms with E-state index in [4.69, 9.17) is 22.3 Å². The second-order valence-corrected chi connectivity index (χ2v) is 13.1. The van der Waals surface area contributed by atoms with Crippen molar-refractivity contribution in [3.63, 3.8) is 0 Å². The first-order chi connectivity index (χ1) is 21.1. The smallest absolute Gasteiger partial charge is 0.265 e. The molecular weight excluding hydrogens is 592 g/mol. The molecule has 1 aliphatic heterocycles. The number of likely N-dealkylation sites (tertiary alicyclic amines) is 1. The van der Waals surface area contributed by atoms with Crippen LogP contribution in [0.15, 0.2) is 58.7 Å². The second-order valence-electron chi connectivity index (χ2n) is 11.8. The Labute approximate surface area is 267 Å². The van der Waals surface area contributed by atoms with Crippen LogP contribution >= 0.6 is 22.9 Å². The number of pyridine rings is 1. The standard InChI is InChI=1S/C35H39ClN4O3S/c1-5-22-9-7-10-23(6-2)31(22)40-30(17-21(3)4)27(34(42)39-16-8-11-25(19-39)32(37)41)18-28(35(40)43)33-38-29(20-44-33)24-12-14-26(36)15-13-24/h7,9-10,12-15,18,20-21,25H,5-6,8,11,16-17,19H2,1-4H3,(H2,37,41). The second kappa shape index (κ2) is 13.5. The number of thiazole rings is 1. The average molecular weight is 631 g/mol. The Morgan fingerprint density at radius 3 is 2.39 bits per heavy atom. The number of hydrogen-bond acceptors (Lipinski definition) is 5. The summed E-state index contributed by atoms with van der Waals surface area (Å²) in [6, 6.07) is 15.3. The molecule has 1 atom stereocenters. The van der Waals surface area contributed by atoms with Crippen molar-refractivity contribution in [2.24, 2.45) is 17.6 Å². The van der Waals surface area contributed by atoms with Crippen molar-refractivity contribution < 1.29 is 9.59 Å². The first kappa shape index (κ1) is 31.7. The lowest BCUT2D eigenvalue weighted by atomic mass is 9.94. The Balaban J connectivity index is 1.78. The van der Waals surface area contributed by atoms with Crippen LogP contribution in [0.3, 0.4) is 0 Å². The van der Waals surface area contributed by atoms with E-state index in [9.17, 15) is 14.4 Å². The van der Waals surface area contributed by atoms with Crippen LogP contribution in [0.2, 0.25) is 5.02 Å². The molecule has 0 radical (unpaired) electrons. The number of hydrogen-bond donors (Lipinski definition) is 1. The highest BCUT2D eigenvalue weighted by molar-refractivity contribution is 7.13. The molecule has 230 valence electrons. The summed E-state index contributed by atoms with van der Waals surface area (Å²) >= 11 is 7.49. The predicted octanol–water partition coefficient (Wildman–Crippen LogP) is 6.94. The van der Waals surface area contributed by atoms with Gasteiger partial charge < -0.3 is 10.6 Å². The molecule has 1 aliphatic rings. The summed E-state index contributed by atoms with van der Waals surface area (Å²) < 4.78 is 1.79. The summed E-state index contributed by atoms with van der Waals surface area (Å²) in [5.74, 6) is -0.798. The van der Waals surface area contributed by atoms with E-state index in [2.05, 4.69) is 39.8 Å². The SMILES string of the molecule is CCc1cccc(CC)c1-n1c(CC(C)C)c(C(=O)N2CCCC(C(N)=O)C2)cc(-c2nc(-c3ccc(Cl)cc3)cs2)c1=O. The van der Waals surface area contributed by atoms with Crippen LogP contribution in [0.25, 0.3) is 27.5 Å². The number of para-hydroxylation sites is 1. The van der Waals surface area contributed by atoms with E-state index in [1.165, 1.54) is 11.3 Å². The average Bonchev–Trinajstić information content (AvgIpc) is 3.51. The summed E-state index contributed by atoms with van der Waals surface area (Å²) in [5.41, 5.74) is 11.6. The van der Waals surface area contributed by atoms with Gasteiger partial charge in [0.15, 0.2) is 0 Å². The van der Waals surface area contributed by atoms with Gasteiger partial charge in [0.1, 0.15) is 5.01 Å². The number of nitrogens with two attached hydrogens (primary N) is 1. The summed E-state index contributed by atoms with van der Waals surface area (Å²) in [6.07, 6.45) is 3.35. The van der Waals surface area contributed by atoms with E-state index in [1.807, 2.05) is 35.7 Å². The monoisotopic (exact) mass is 630 g/mol. The van der Waals surface area contributed by atoms with Gasteiger partial charge in [-0.25, -0.2) is 4.98 Å². The van der Waals surface area contributed by atoms with Crippen LogP contribution in [0, 0.1) is 11.8 Å². The molecule has 9 heteroatoms. The normalized spacial score (nSPS) is 15.1. The van der Waals surface area contributed by atoms with E-state index in [0.717, 1.165) is 40.9 Å². The number of nitrogens with zero attached hydrogens (tertiary/aromatic N) is 3. The van der Waals surface area contributed by atoms with Gasteiger partial charge in [0, 0.05) is 34.7 Å². The first-order valence-corrected chi connectivity index (χ1v) is 16.6. The lowest BCUT2D eigenvalue weighted by Gasteiger charge is -2.32. The Hall–Kier alpha value is -3.75. The van der Waals surface area contributed by atoms with E-state index < -0.39 is 5.91 Å². The van der Waals surface area contributed by atoms with Gasteiger partial charge in [-0.15, -0.1) is 11.3 Å². The molecule has 1 saturated heterocycles. The number of halogens is 1. The highest BCUT2D eigenvalue weighted by Crippen LogP contribution is 2.32. The van der Waals surface area contributed by atoms with Crippen molar-refractivity contribution in [1.82, 2.24) is 14.5 Å². The predicted molar refractivity (Wildman–Crippen MR) is 179 cm³/mol. The maximum absolute atomic E-state index is 14.7. The molecule has 1 fully saturated rings. The van der Waals surface area contributed by atoms with Crippen molar-refractivity contribution in [3.8, 4) is 27.5 Å². The topological polar surface area (TPSA) is 98.3 Å². The Morgan fingerprint density at radius 2 is 1.77 bits per heavy atom. The van der Waals surface area contributed by atoms with Crippen LogP contribution < -0.4 is 11.3 Å². The molecule has 2 N–H and O–H groups in total. The molecular formula is C35H39ClN4O3S. The van der Waals surface area contributed by atoms with Crippen LogP contribution in [0.1, 0.15) is 67.7 Å². The van der Waals surface area contributed by atoms with Gasteiger partial charge in [-0.1, -0.05) is 69.6 Å². The van der Waals surface area contributed by atoms with E-state index >= 15 is 0 Å². The van der Waals surface area contributed by atoms with Crippen molar-refractivity contribution in [3.05, 3.63) is 91.7 Å². The van der Waals surface area contributed by atoms with Gasteiger partial charge in [-0.2, -0.15) is 0 Å². The Bertz CT molecular complexity index is 1720. The van der Waals surface area contributed by atoms with Gasteiger partial charge >= 0.3 is 0 Å². The zero-order chi connectivity index (χ0) is 31.5. The minimum Gasteiger partial charge on any atom is -0.369 e. The maximum atomic E-state index is 14.7. The van der Waals surface area contributed by atoms with Crippen molar-refractivity contribution in [2.45, 2.75) is 59.8 Å². The molecule has 0 bridgehead atoms. The Kier molecular flexibility index (Phi) is 9.71. The fraction of sp³-hybridized carbons (Fsp3) is 0.371. The molecule has 0 spiro atoms. The minimum absolute atomic E-state index is 0.174. The van der Waals surface area contributed by atoms with Crippen molar-refractivity contribution >= 4 is 34.8 Å². The number of rotatable bonds is 9. The van der Waals surface area contributed by atoms with Crippen LogP contribution in [0.5, 0.6) is 0 Å². The van der Waals surface area contributed by atoms with Gasteiger partial charge in [-0.3, -0.25) is 19.0 Å². The maximum Gasteiger partial charge on any atom is 0.265 e. The first-order valence-electron chi connectivity index (χ1n) is 15.3. The van der Waals surface area contributed by atoms with E-state index in [-0.39, 0.29) is 29.8 Å². The fourth-order valence-electron chi connectivity index (χ4n) is 6.03. The summed E-state index contributed by atoms with van der Waals surface area (Å²) in [4.78, 5) is 47.9. The molecule has 2 aromatic heterocycles. The minimum atomic E-state index is -0.391. The number of benzene rings is 2. The summed E-state index contributed by atoms with van der Waals surface area (Å²) in [6.45, 7) is 9.14. The number of amides is 2. The largest absolute Gasteiger partial charge is 0.369 e. The molecule has 7 nitrogen and oxygen atoms in total. The zero-order valence-electron chi connectivity index (χ0n) is 25.7. The van der Waals surface area contributed by atoms with Gasteiger partial charge in [0.2, 0.25) is 5.91 Å². The van der Waals surface area contributed by atoms with Crippen LogP contribution in [-0.2, 0) is 24.1 Å². The number of aromatic nitrogens is 2. The molecule has 2 aromatic carbocycles. The summed E-state index contributed by atoms with van der Waals surface area (Å²) in [5, 5.41) is 3.10. The molecule has 2 amide bonds. The third-order valence-electron chi connectivity index (χ3n) is 8.31. The van der Waals surface area contributed by atoms with Crippen molar-refractivity contribution in [1.29, 1.82) is 0 Å². The van der Waals surface area contributed by atoms with Crippen LogP contribution in [-0.4, -0.2) is 39.4 Å².